The van der Waals surface area contributed by atoms with Crippen LogP contribution in [0.25, 0.3) is 5.13 Å². The molecule has 0 saturated carbocycles. The minimum Gasteiger partial charge on any atom is -0.227 e. The highest BCUT2D eigenvalue weighted by atomic mass is 35.5. The minimum atomic E-state index is -0.0869. The van der Waals surface area contributed by atoms with Crippen LogP contribution in [-0.2, 0) is 11.3 Å². The summed E-state index contributed by atoms with van der Waals surface area (Å²) in [6.45, 7) is 6.27. The number of hydrogen-bond acceptors (Lipinski definition) is 3. The average molecular weight is 290 g/mol. The fourth-order valence-corrected chi connectivity index (χ4v) is 2.84. The van der Waals surface area contributed by atoms with Crippen molar-refractivity contribution in [2.75, 3.05) is 0 Å². The zero-order chi connectivity index (χ0) is 12.6. The van der Waals surface area contributed by atoms with Crippen LogP contribution in [-0.4, -0.2) is 14.8 Å². The number of rotatable bonds is 2. The summed E-state index contributed by atoms with van der Waals surface area (Å²) in [6.07, 6.45) is 1.73. The largest absolute Gasteiger partial charge is 0.227 e. The Hall–Kier alpha value is -0.580. The van der Waals surface area contributed by atoms with Crippen LogP contribution in [0.1, 0.15) is 32.0 Å². The van der Waals surface area contributed by atoms with E-state index in [2.05, 4.69) is 30.9 Å². The first-order valence-corrected chi connectivity index (χ1v) is 6.98. The monoisotopic (exact) mass is 289 g/mol. The molecule has 0 aromatic carbocycles. The SMILES string of the molecule is CC(C)(C)c1nn(-c2nccs2)c(Cl)c1CCl. The number of thiazole rings is 1. The average Bonchev–Trinajstić information content (AvgIpc) is 2.82. The van der Waals surface area contributed by atoms with Gasteiger partial charge >= 0.3 is 0 Å². The van der Waals surface area contributed by atoms with E-state index in [4.69, 9.17) is 23.2 Å². The molecule has 0 unspecified atom stereocenters. The first-order chi connectivity index (χ1) is 7.95. The van der Waals surface area contributed by atoms with Gasteiger partial charge in [0, 0.05) is 22.6 Å². The predicted octanol–water partition coefficient (Wildman–Crippen LogP) is 4.02. The quantitative estimate of drug-likeness (QED) is 0.782. The molecule has 0 spiro atoms. The molecule has 6 heteroatoms. The molecule has 17 heavy (non-hydrogen) atoms. The number of aromatic nitrogens is 3. The van der Waals surface area contributed by atoms with Crippen molar-refractivity contribution in [1.29, 1.82) is 0 Å². The molecule has 2 aromatic heterocycles. The molecule has 0 bridgehead atoms. The Bertz CT molecular complexity index is 512. The van der Waals surface area contributed by atoms with Crippen LogP contribution in [0, 0.1) is 0 Å². The van der Waals surface area contributed by atoms with Crippen LogP contribution >= 0.6 is 34.5 Å². The van der Waals surface area contributed by atoms with Crippen molar-refractivity contribution in [3.05, 3.63) is 28.0 Å². The molecular weight excluding hydrogens is 277 g/mol. The second-order valence-electron chi connectivity index (χ2n) is 4.73. The zero-order valence-corrected chi connectivity index (χ0v) is 12.2. The van der Waals surface area contributed by atoms with Gasteiger partial charge in [0.2, 0.25) is 5.13 Å². The lowest BCUT2D eigenvalue weighted by atomic mass is 9.90. The molecule has 2 heterocycles. The second kappa shape index (κ2) is 4.59. The maximum Gasteiger partial charge on any atom is 0.211 e. The normalized spacial score (nSPS) is 12.1. The lowest BCUT2D eigenvalue weighted by molar-refractivity contribution is 0.556. The van der Waals surface area contributed by atoms with E-state index in [0.29, 0.717) is 11.0 Å². The summed E-state index contributed by atoms with van der Waals surface area (Å²) < 4.78 is 1.66. The van der Waals surface area contributed by atoms with Crippen molar-refractivity contribution in [2.45, 2.75) is 32.1 Å². The Kier molecular flexibility index (Phi) is 3.48. The molecule has 0 fully saturated rings. The summed E-state index contributed by atoms with van der Waals surface area (Å²) in [5, 5.41) is 7.75. The molecule has 0 aliphatic rings. The first-order valence-electron chi connectivity index (χ1n) is 5.19. The van der Waals surface area contributed by atoms with Crippen molar-refractivity contribution in [3.63, 3.8) is 0 Å². The third-order valence-electron chi connectivity index (χ3n) is 2.37. The summed E-state index contributed by atoms with van der Waals surface area (Å²) in [5.41, 5.74) is 1.72. The molecule has 0 aliphatic carbocycles. The van der Waals surface area contributed by atoms with Crippen molar-refractivity contribution in [3.8, 4) is 5.13 Å². The molecule has 0 atom stereocenters. The third kappa shape index (κ3) is 2.34. The fourth-order valence-electron chi connectivity index (χ4n) is 1.60. The molecule has 0 aliphatic heterocycles. The van der Waals surface area contributed by atoms with E-state index in [-0.39, 0.29) is 5.41 Å². The highest BCUT2D eigenvalue weighted by molar-refractivity contribution is 7.12. The van der Waals surface area contributed by atoms with Gasteiger partial charge in [0.25, 0.3) is 0 Å². The van der Waals surface area contributed by atoms with Crippen LogP contribution in [0.5, 0.6) is 0 Å². The molecule has 2 rings (SSSR count). The van der Waals surface area contributed by atoms with E-state index in [1.807, 2.05) is 5.38 Å². The van der Waals surface area contributed by atoms with Gasteiger partial charge < -0.3 is 0 Å². The molecule has 0 amide bonds. The van der Waals surface area contributed by atoms with Gasteiger partial charge in [-0.05, 0) is 0 Å². The molecule has 0 N–H and O–H groups in total. The molecule has 0 radical (unpaired) electrons. The zero-order valence-electron chi connectivity index (χ0n) is 9.87. The van der Waals surface area contributed by atoms with Crippen LogP contribution in [0.2, 0.25) is 5.15 Å². The molecule has 92 valence electrons. The molecular formula is C11H13Cl2N3S. The van der Waals surface area contributed by atoms with Gasteiger partial charge in [-0.2, -0.15) is 9.78 Å². The van der Waals surface area contributed by atoms with E-state index in [9.17, 15) is 0 Å². The van der Waals surface area contributed by atoms with E-state index in [0.717, 1.165) is 16.4 Å². The van der Waals surface area contributed by atoms with E-state index in [1.165, 1.54) is 11.3 Å². The predicted molar refractivity (Wildman–Crippen MR) is 72.5 cm³/mol. The molecule has 0 saturated heterocycles. The maximum atomic E-state index is 6.31. The van der Waals surface area contributed by atoms with Gasteiger partial charge in [0.15, 0.2) is 0 Å². The van der Waals surface area contributed by atoms with Crippen molar-refractivity contribution in [2.24, 2.45) is 0 Å². The van der Waals surface area contributed by atoms with E-state index < -0.39 is 0 Å². The minimum absolute atomic E-state index is 0.0869. The third-order valence-corrected chi connectivity index (χ3v) is 3.77. The van der Waals surface area contributed by atoms with Gasteiger partial charge in [-0.25, -0.2) is 4.98 Å². The topological polar surface area (TPSA) is 30.7 Å². The standard InChI is InChI=1S/C11H13Cl2N3S/c1-11(2,3)8-7(6-12)9(13)16(15-8)10-14-4-5-17-10/h4-5H,6H2,1-3H3. The lowest BCUT2D eigenvalue weighted by Gasteiger charge is -2.16. The summed E-state index contributed by atoms with van der Waals surface area (Å²) in [5.74, 6) is 0.358. The molecule has 2 aromatic rings. The number of hydrogen-bond donors (Lipinski definition) is 0. The Morgan fingerprint density at radius 1 is 1.41 bits per heavy atom. The summed E-state index contributed by atoms with van der Waals surface area (Å²) in [6, 6.07) is 0. The summed E-state index contributed by atoms with van der Waals surface area (Å²) >= 11 is 13.8. The van der Waals surface area contributed by atoms with Gasteiger partial charge in [0.1, 0.15) is 5.15 Å². The van der Waals surface area contributed by atoms with Gasteiger partial charge in [-0.3, -0.25) is 0 Å². The summed E-state index contributed by atoms with van der Waals surface area (Å²) in [7, 11) is 0. The van der Waals surface area contributed by atoms with Crippen LogP contribution in [0.3, 0.4) is 0 Å². The molecule has 3 nitrogen and oxygen atoms in total. The highest BCUT2D eigenvalue weighted by Crippen LogP contribution is 2.32. The Labute approximate surface area is 114 Å². The fraction of sp³-hybridized carbons (Fsp3) is 0.455. The van der Waals surface area contributed by atoms with Crippen LogP contribution in [0.15, 0.2) is 11.6 Å². The van der Waals surface area contributed by atoms with Crippen molar-refractivity contribution < 1.29 is 0 Å². The second-order valence-corrected chi connectivity index (χ2v) is 6.23. The Morgan fingerprint density at radius 2 is 2.12 bits per heavy atom. The maximum absolute atomic E-state index is 6.31. The van der Waals surface area contributed by atoms with Crippen LogP contribution in [0.4, 0.5) is 0 Å². The number of nitrogens with zero attached hydrogens (tertiary/aromatic N) is 3. The van der Waals surface area contributed by atoms with Gasteiger partial charge in [-0.15, -0.1) is 22.9 Å². The van der Waals surface area contributed by atoms with Crippen LogP contribution < -0.4 is 0 Å². The lowest BCUT2D eigenvalue weighted by Crippen LogP contribution is -2.14. The Morgan fingerprint density at radius 3 is 2.53 bits per heavy atom. The smallest absolute Gasteiger partial charge is 0.211 e. The highest BCUT2D eigenvalue weighted by Gasteiger charge is 2.26. The number of halogens is 2. The van der Waals surface area contributed by atoms with Crippen molar-refractivity contribution in [1.82, 2.24) is 14.8 Å². The summed E-state index contributed by atoms with van der Waals surface area (Å²) in [4.78, 5) is 4.21. The first kappa shape index (κ1) is 12.9. The van der Waals surface area contributed by atoms with Gasteiger partial charge in [0.05, 0.1) is 11.6 Å². The number of alkyl halides is 1. The van der Waals surface area contributed by atoms with E-state index in [1.54, 1.807) is 10.9 Å². The van der Waals surface area contributed by atoms with Gasteiger partial charge in [-0.1, -0.05) is 32.4 Å². The van der Waals surface area contributed by atoms with E-state index >= 15 is 0 Å². The van der Waals surface area contributed by atoms with Crippen molar-refractivity contribution >= 4 is 34.5 Å². The Balaban J connectivity index is 2.61.